The fourth-order valence-electron chi connectivity index (χ4n) is 1.53. The van der Waals surface area contributed by atoms with E-state index in [0.717, 1.165) is 5.56 Å². The highest BCUT2D eigenvalue weighted by atomic mass is 16.5. The number of hydrogen-bond donors (Lipinski definition) is 1. The van der Waals surface area contributed by atoms with Crippen molar-refractivity contribution in [2.24, 2.45) is 0 Å². The summed E-state index contributed by atoms with van der Waals surface area (Å²) in [6, 6.07) is 12.3. The molecule has 0 saturated carbocycles. The number of methoxy groups -OCH3 is 1. The number of benzene rings is 1. The Morgan fingerprint density at radius 3 is 2.53 bits per heavy atom. The molecule has 0 radical (unpaired) electrons. The lowest BCUT2D eigenvalue weighted by Crippen LogP contribution is -2.38. The normalized spacial score (nSPS) is 13.1. The highest BCUT2D eigenvalue weighted by Gasteiger charge is 2.19. The Hall–Kier alpha value is -1.37. The predicted octanol–water partition coefficient (Wildman–Crippen LogP) is 2.66. The van der Waals surface area contributed by atoms with Crippen molar-refractivity contribution in [3.05, 3.63) is 35.9 Å². The summed E-state index contributed by atoms with van der Waals surface area (Å²) >= 11 is 0. The van der Waals surface area contributed by atoms with E-state index in [1.54, 1.807) is 7.11 Å². The molecule has 0 aliphatic rings. The quantitative estimate of drug-likeness (QED) is 0.820. The van der Waals surface area contributed by atoms with Crippen molar-refractivity contribution in [2.45, 2.75) is 31.9 Å². The smallest absolute Gasteiger partial charge is 0.0746 e. The van der Waals surface area contributed by atoms with Gasteiger partial charge in [0.15, 0.2) is 0 Å². The molecule has 1 unspecified atom stereocenters. The van der Waals surface area contributed by atoms with E-state index < -0.39 is 0 Å². The Balaban J connectivity index is 2.66. The Bertz CT molecular complexity index is 368. The molecule has 0 aliphatic heterocycles. The van der Waals surface area contributed by atoms with E-state index >= 15 is 0 Å². The monoisotopic (exact) mass is 232 g/mol. The van der Waals surface area contributed by atoms with E-state index in [9.17, 15) is 0 Å². The summed E-state index contributed by atoms with van der Waals surface area (Å²) < 4.78 is 5.36. The Labute approximate surface area is 103 Å². The summed E-state index contributed by atoms with van der Waals surface area (Å²) in [5, 5.41) is 12.2. The molecule has 0 saturated heterocycles. The lowest BCUT2D eigenvalue weighted by molar-refractivity contribution is 0.0211. The van der Waals surface area contributed by atoms with Crippen molar-refractivity contribution < 1.29 is 4.74 Å². The highest BCUT2D eigenvalue weighted by molar-refractivity contribution is 5.19. The molecule has 1 N–H and O–H groups in total. The van der Waals surface area contributed by atoms with Crippen LogP contribution in [-0.2, 0) is 4.74 Å². The van der Waals surface area contributed by atoms with Gasteiger partial charge in [-0.05, 0) is 19.4 Å². The first-order valence-corrected chi connectivity index (χ1v) is 5.79. The lowest BCUT2D eigenvalue weighted by atomic mass is 10.0. The number of nitrogens with one attached hydrogen (secondary N) is 1. The predicted molar refractivity (Wildman–Crippen MR) is 68.5 cm³/mol. The number of rotatable bonds is 6. The third-order valence-electron chi connectivity index (χ3n) is 2.82. The van der Waals surface area contributed by atoms with Gasteiger partial charge in [-0.15, -0.1) is 0 Å². The number of hydrogen-bond acceptors (Lipinski definition) is 3. The molecule has 1 aromatic carbocycles. The van der Waals surface area contributed by atoms with Crippen LogP contribution in [-0.4, -0.2) is 19.3 Å². The molecule has 0 aliphatic carbocycles. The number of nitrogens with zero attached hydrogens (tertiary/aromatic N) is 1. The maximum Gasteiger partial charge on any atom is 0.0746 e. The standard InChI is InChI=1S/C14H20N2O/c1-14(2,17-3)11-16-13(9-10-15)12-7-5-4-6-8-12/h4-8,13,16H,9,11H2,1-3H3. The summed E-state index contributed by atoms with van der Waals surface area (Å²) in [6.45, 7) is 4.76. The average molecular weight is 232 g/mol. The van der Waals surface area contributed by atoms with Gasteiger partial charge >= 0.3 is 0 Å². The van der Waals surface area contributed by atoms with Gasteiger partial charge in [-0.1, -0.05) is 30.3 Å². The fourth-order valence-corrected chi connectivity index (χ4v) is 1.53. The molecule has 1 aromatic rings. The van der Waals surface area contributed by atoms with Gasteiger partial charge in [0.1, 0.15) is 0 Å². The molecular weight excluding hydrogens is 212 g/mol. The van der Waals surface area contributed by atoms with E-state index in [1.807, 2.05) is 44.2 Å². The van der Waals surface area contributed by atoms with Gasteiger partial charge in [0.25, 0.3) is 0 Å². The van der Waals surface area contributed by atoms with Crippen molar-refractivity contribution in [3.8, 4) is 6.07 Å². The molecule has 0 amide bonds. The van der Waals surface area contributed by atoms with Crippen molar-refractivity contribution in [1.29, 1.82) is 5.26 Å². The fraction of sp³-hybridized carbons (Fsp3) is 0.500. The molecule has 0 heterocycles. The first-order chi connectivity index (χ1) is 8.09. The Kier molecular flexibility index (Phi) is 5.14. The summed E-state index contributed by atoms with van der Waals surface area (Å²) in [4.78, 5) is 0. The summed E-state index contributed by atoms with van der Waals surface area (Å²) in [5.41, 5.74) is 0.920. The minimum absolute atomic E-state index is 0.0654. The molecule has 0 fully saturated rings. The van der Waals surface area contributed by atoms with Crippen LogP contribution < -0.4 is 5.32 Å². The van der Waals surface area contributed by atoms with Crippen LogP contribution in [0.1, 0.15) is 31.9 Å². The minimum atomic E-state index is -0.220. The second-order valence-corrected chi connectivity index (χ2v) is 4.67. The second kappa shape index (κ2) is 6.39. The molecule has 1 atom stereocenters. The van der Waals surface area contributed by atoms with Gasteiger partial charge in [-0.25, -0.2) is 0 Å². The van der Waals surface area contributed by atoms with Gasteiger partial charge in [-0.3, -0.25) is 0 Å². The van der Waals surface area contributed by atoms with Crippen LogP contribution in [0.25, 0.3) is 0 Å². The number of nitriles is 1. The highest BCUT2D eigenvalue weighted by Crippen LogP contribution is 2.17. The zero-order valence-corrected chi connectivity index (χ0v) is 10.7. The summed E-state index contributed by atoms with van der Waals surface area (Å²) in [6.07, 6.45) is 0.462. The lowest BCUT2D eigenvalue weighted by Gasteiger charge is -2.26. The number of ether oxygens (including phenoxy) is 1. The van der Waals surface area contributed by atoms with E-state index in [-0.39, 0.29) is 11.6 Å². The van der Waals surface area contributed by atoms with Crippen LogP contribution >= 0.6 is 0 Å². The van der Waals surface area contributed by atoms with Gasteiger partial charge in [0, 0.05) is 19.7 Å². The second-order valence-electron chi connectivity index (χ2n) is 4.67. The van der Waals surface area contributed by atoms with E-state index in [0.29, 0.717) is 13.0 Å². The van der Waals surface area contributed by atoms with E-state index in [1.165, 1.54) is 0 Å². The molecule has 0 spiro atoms. The first-order valence-electron chi connectivity index (χ1n) is 5.79. The molecule has 0 bridgehead atoms. The van der Waals surface area contributed by atoms with Crippen LogP contribution in [0.15, 0.2) is 30.3 Å². The molecular formula is C14H20N2O. The minimum Gasteiger partial charge on any atom is -0.377 e. The van der Waals surface area contributed by atoms with Crippen molar-refractivity contribution >= 4 is 0 Å². The molecule has 3 nitrogen and oxygen atoms in total. The van der Waals surface area contributed by atoms with Crippen molar-refractivity contribution in [3.63, 3.8) is 0 Å². The Morgan fingerprint density at radius 1 is 1.35 bits per heavy atom. The van der Waals surface area contributed by atoms with Crippen molar-refractivity contribution in [2.75, 3.05) is 13.7 Å². The molecule has 3 heteroatoms. The maximum absolute atomic E-state index is 8.86. The first kappa shape index (κ1) is 13.7. The van der Waals surface area contributed by atoms with Crippen LogP contribution in [0.3, 0.4) is 0 Å². The maximum atomic E-state index is 8.86. The van der Waals surface area contributed by atoms with Gasteiger partial charge in [0.05, 0.1) is 18.1 Å². The molecule has 17 heavy (non-hydrogen) atoms. The summed E-state index contributed by atoms with van der Waals surface area (Å²) in [5.74, 6) is 0. The largest absolute Gasteiger partial charge is 0.377 e. The molecule has 92 valence electrons. The van der Waals surface area contributed by atoms with Crippen LogP contribution in [0.5, 0.6) is 0 Å². The van der Waals surface area contributed by atoms with Gasteiger partial charge in [-0.2, -0.15) is 5.26 Å². The van der Waals surface area contributed by atoms with Gasteiger partial charge in [0.2, 0.25) is 0 Å². The van der Waals surface area contributed by atoms with Crippen LogP contribution in [0.2, 0.25) is 0 Å². The topological polar surface area (TPSA) is 45.0 Å². The third-order valence-corrected chi connectivity index (χ3v) is 2.82. The third kappa shape index (κ3) is 4.56. The summed E-state index contributed by atoms with van der Waals surface area (Å²) in [7, 11) is 1.70. The Morgan fingerprint density at radius 2 is 2.00 bits per heavy atom. The van der Waals surface area contributed by atoms with E-state index in [4.69, 9.17) is 10.00 Å². The zero-order valence-electron chi connectivity index (χ0n) is 10.7. The van der Waals surface area contributed by atoms with Gasteiger partial charge < -0.3 is 10.1 Å². The zero-order chi connectivity index (χ0) is 12.7. The molecule has 0 aromatic heterocycles. The average Bonchev–Trinajstić information content (AvgIpc) is 2.35. The molecule has 1 rings (SSSR count). The van der Waals surface area contributed by atoms with Crippen LogP contribution in [0.4, 0.5) is 0 Å². The van der Waals surface area contributed by atoms with Crippen molar-refractivity contribution in [1.82, 2.24) is 5.32 Å². The SMILES string of the molecule is COC(C)(C)CNC(CC#N)c1ccccc1. The van der Waals surface area contributed by atoms with E-state index in [2.05, 4.69) is 11.4 Å². The van der Waals surface area contributed by atoms with Crippen LogP contribution in [0, 0.1) is 11.3 Å².